The minimum absolute atomic E-state index is 0.549. The smallest absolute Gasteiger partial charge is 0.136 e. The van der Waals surface area contributed by atoms with E-state index in [-0.39, 0.29) is 0 Å². The predicted octanol–water partition coefficient (Wildman–Crippen LogP) is 2.44. The third-order valence-electron chi connectivity index (χ3n) is 2.95. The molecule has 86 valence electrons. The summed E-state index contributed by atoms with van der Waals surface area (Å²) in [7, 11) is 2.01. The Bertz CT molecular complexity index is 441. The first-order chi connectivity index (χ1) is 7.86. The molecule has 0 aliphatic heterocycles. The molecule has 2 heterocycles. The lowest BCUT2D eigenvalue weighted by Crippen LogP contribution is -2.18. The van der Waals surface area contributed by atoms with Crippen LogP contribution in [0.2, 0.25) is 0 Å². The highest BCUT2D eigenvalue weighted by Gasteiger charge is 2.14. The fraction of sp³-hybridized carbons (Fsp3) is 0.462. The van der Waals surface area contributed by atoms with Gasteiger partial charge >= 0.3 is 0 Å². The number of hydrogen-bond donors (Lipinski definition) is 1. The summed E-state index contributed by atoms with van der Waals surface area (Å²) in [4.78, 5) is 4.44. The zero-order chi connectivity index (χ0) is 11.4. The summed E-state index contributed by atoms with van der Waals surface area (Å²) in [5, 5.41) is 3.26. The molecule has 0 spiro atoms. The number of hydrogen-bond acceptors (Lipinski definition) is 2. The molecule has 0 amide bonds. The van der Waals surface area contributed by atoms with Crippen LogP contribution in [0.5, 0.6) is 0 Å². The van der Waals surface area contributed by atoms with Gasteiger partial charge in [0, 0.05) is 30.6 Å². The molecular formula is C13H19N3. The number of nitrogens with one attached hydrogen (secondary N) is 1. The first-order valence-corrected chi connectivity index (χ1v) is 5.93. The van der Waals surface area contributed by atoms with Crippen LogP contribution in [0.3, 0.4) is 0 Å². The van der Waals surface area contributed by atoms with Crippen molar-refractivity contribution in [3.8, 4) is 0 Å². The van der Waals surface area contributed by atoms with Gasteiger partial charge in [-0.1, -0.05) is 19.4 Å². The van der Waals surface area contributed by atoms with Crippen molar-refractivity contribution >= 4 is 5.65 Å². The number of imidazole rings is 1. The zero-order valence-corrected chi connectivity index (χ0v) is 9.98. The van der Waals surface area contributed by atoms with E-state index < -0.39 is 0 Å². The average Bonchev–Trinajstić information content (AvgIpc) is 2.72. The highest BCUT2D eigenvalue weighted by molar-refractivity contribution is 5.40. The zero-order valence-electron chi connectivity index (χ0n) is 9.98. The maximum Gasteiger partial charge on any atom is 0.136 e. The predicted molar refractivity (Wildman–Crippen MR) is 66.8 cm³/mol. The summed E-state index contributed by atoms with van der Waals surface area (Å²) in [6, 6.07) is 6.13. The average molecular weight is 217 g/mol. The Morgan fingerprint density at radius 2 is 2.31 bits per heavy atom. The van der Waals surface area contributed by atoms with Gasteiger partial charge in [-0.05, 0) is 25.6 Å². The van der Waals surface area contributed by atoms with Gasteiger partial charge in [-0.25, -0.2) is 4.98 Å². The molecule has 0 saturated carbocycles. The van der Waals surface area contributed by atoms with Crippen molar-refractivity contribution in [1.82, 2.24) is 14.7 Å². The van der Waals surface area contributed by atoms with Crippen LogP contribution in [0.4, 0.5) is 0 Å². The van der Waals surface area contributed by atoms with Crippen molar-refractivity contribution in [2.45, 2.75) is 25.7 Å². The molecule has 16 heavy (non-hydrogen) atoms. The van der Waals surface area contributed by atoms with E-state index in [2.05, 4.69) is 33.9 Å². The summed E-state index contributed by atoms with van der Waals surface area (Å²) in [6.07, 6.45) is 6.50. The van der Waals surface area contributed by atoms with Crippen molar-refractivity contribution in [1.29, 1.82) is 0 Å². The van der Waals surface area contributed by atoms with E-state index in [0.717, 1.165) is 12.2 Å². The van der Waals surface area contributed by atoms with Crippen LogP contribution in [-0.4, -0.2) is 23.0 Å². The molecule has 1 unspecified atom stereocenters. The van der Waals surface area contributed by atoms with Gasteiger partial charge in [-0.15, -0.1) is 0 Å². The standard InChI is InChI=1S/C13H19N3/c1-3-6-11(9-14-2)12-10-15-13-7-4-5-8-16(12)13/h4-5,7-8,10-11,14H,3,6,9H2,1-2H3. The number of nitrogens with zero attached hydrogens (tertiary/aromatic N) is 2. The summed E-state index contributed by atoms with van der Waals surface area (Å²) < 4.78 is 2.19. The maximum absolute atomic E-state index is 4.44. The fourth-order valence-corrected chi connectivity index (χ4v) is 2.20. The molecule has 0 radical (unpaired) electrons. The Kier molecular flexibility index (Phi) is 3.57. The lowest BCUT2D eigenvalue weighted by Gasteiger charge is -2.15. The van der Waals surface area contributed by atoms with Crippen LogP contribution in [0.25, 0.3) is 5.65 Å². The molecule has 2 rings (SSSR count). The van der Waals surface area contributed by atoms with Gasteiger partial charge in [0.1, 0.15) is 5.65 Å². The fourth-order valence-electron chi connectivity index (χ4n) is 2.20. The van der Waals surface area contributed by atoms with Crippen LogP contribution < -0.4 is 5.32 Å². The molecule has 0 saturated heterocycles. The second-order valence-corrected chi connectivity index (χ2v) is 4.16. The molecule has 3 nitrogen and oxygen atoms in total. The third kappa shape index (κ3) is 2.09. The number of likely N-dealkylation sites (N-methyl/N-ethyl adjacent to an activating group) is 1. The second kappa shape index (κ2) is 5.12. The molecule has 0 aromatic carbocycles. The van der Waals surface area contributed by atoms with E-state index in [1.165, 1.54) is 18.5 Å². The summed E-state index contributed by atoms with van der Waals surface area (Å²) in [5.41, 5.74) is 2.35. The lowest BCUT2D eigenvalue weighted by molar-refractivity contribution is 0.560. The van der Waals surface area contributed by atoms with Crippen molar-refractivity contribution in [3.05, 3.63) is 36.3 Å². The van der Waals surface area contributed by atoms with E-state index in [0.29, 0.717) is 5.92 Å². The number of fused-ring (bicyclic) bond motifs is 1. The first kappa shape index (κ1) is 11.1. The van der Waals surface area contributed by atoms with E-state index >= 15 is 0 Å². The van der Waals surface area contributed by atoms with Gasteiger partial charge in [-0.2, -0.15) is 0 Å². The van der Waals surface area contributed by atoms with Crippen LogP contribution >= 0.6 is 0 Å². The van der Waals surface area contributed by atoms with E-state index in [4.69, 9.17) is 0 Å². The Morgan fingerprint density at radius 1 is 1.44 bits per heavy atom. The summed E-state index contributed by atoms with van der Waals surface area (Å²) in [6.45, 7) is 3.24. The Balaban J connectivity index is 2.36. The monoisotopic (exact) mass is 217 g/mol. The third-order valence-corrected chi connectivity index (χ3v) is 2.95. The minimum atomic E-state index is 0.549. The Labute approximate surface area is 96.5 Å². The highest BCUT2D eigenvalue weighted by Crippen LogP contribution is 2.21. The normalized spacial score (nSPS) is 13.1. The Hall–Kier alpha value is -1.35. The second-order valence-electron chi connectivity index (χ2n) is 4.16. The maximum atomic E-state index is 4.44. The quantitative estimate of drug-likeness (QED) is 0.833. The van der Waals surface area contributed by atoms with E-state index in [1.807, 2.05) is 25.4 Å². The largest absolute Gasteiger partial charge is 0.319 e. The van der Waals surface area contributed by atoms with Gasteiger partial charge < -0.3 is 9.72 Å². The van der Waals surface area contributed by atoms with Crippen molar-refractivity contribution in [2.24, 2.45) is 0 Å². The van der Waals surface area contributed by atoms with Gasteiger partial charge in [0.25, 0.3) is 0 Å². The molecule has 1 atom stereocenters. The van der Waals surface area contributed by atoms with Crippen LogP contribution in [0.15, 0.2) is 30.6 Å². The molecule has 1 N–H and O–H groups in total. The SMILES string of the molecule is CCCC(CNC)c1cnc2ccccn12. The lowest BCUT2D eigenvalue weighted by atomic mass is 10.0. The molecule has 2 aromatic rings. The highest BCUT2D eigenvalue weighted by atomic mass is 15.0. The molecule has 0 aliphatic rings. The number of aromatic nitrogens is 2. The van der Waals surface area contributed by atoms with Crippen LogP contribution in [0.1, 0.15) is 31.4 Å². The van der Waals surface area contributed by atoms with Gasteiger partial charge in [0.2, 0.25) is 0 Å². The number of rotatable bonds is 5. The number of pyridine rings is 1. The van der Waals surface area contributed by atoms with Gasteiger partial charge in [-0.3, -0.25) is 0 Å². The molecule has 2 aromatic heterocycles. The van der Waals surface area contributed by atoms with Crippen molar-refractivity contribution < 1.29 is 0 Å². The Morgan fingerprint density at radius 3 is 3.06 bits per heavy atom. The summed E-state index contributed by atoms with van der Waals surface area (Å²) in [5.74, 6) is 0.549. The minimum Gasteiger partial charge on any atom is -0.319 e. The van der Waals surface area contributed by atoms with E-state index in [1.54, 1.807) is 0 Å². The van der Waals surface area contributed by atoms with Gasteiger partial charge in [0.15, 0.2) is 0 Å². The van der Waals surface area contributed by atoms with E-state index in [9.17, 15) is 0 Å². The molecule has 0 bridgehead atoms. The van der Waals surface area contributed by atoms with Crippen molar-refractivity contribution in [2.75, 3.05) is 13.6 Å². The first-order valence-electron chi connectivity index (χ1n) is 5.93. The van der Waals surface area contributed by atoms with Crippen LogP contribution in [-0.2, 0) is 0 Å². The topological polar surface area (TPSA) is 29.3 Å². The molecule has 0 aliphatic carbocycles. The molecule has 3 heteroatoms. The van der Waals surface area contributed by atoms with Gasteiger partial charge in [0.05, 0.1) is 0 Å². The molecular weight excluding hydrogens is 198 g/mol. The summed E-state index contributed by atoms with van der Waals surface area (Å²) >= 11 is 0. The molecule has 0 fully saturated rings. The van der Waals surface area contributed by atoms with Crippen LogP contribution in [0, 0.1) is 0 Å². The van der Waals surface area contributed by atoms with Crippen molar-refractivity contribution in [3.63, 3.8) is 0 Å².